The summed E-state index contributed by atoms with van der Waals surface area (Å²) in [6, 6.07) is 15.2. The number of nitrogens with zero attached hydrogens (tertiary/aromatic N) is 2. The van der Waals surface area contributed by atoms with E-state index < -0.39 is 0 Å². The van der Waals surface area contributed by atoms with Gasteiger partial charge in [0.05, 0.1) is 19.4 Å². The van der Waals surface area contributed by atoms with Gasteiger partial charge in [0.1, 0.15) is 6.61 Å². The molecular formula is C20H21N3O4S. The summed E-state index contributed by atoms with van der Waals surface area (Å²) in [4.78, 5) is 12.0. The van der Waals surface area contributed by atoms with Crippen molar-refractivity contribution in [1.82, 2.24) is 15.5 Å². The van der Waals surface area contributed by atoms with Gasteiger partial charge in [0.25, 0.3) is 5.22 Å². The molecule has 8 heteroatoms. The zero-order chi connectivity index (χ0) is 19.8. The van der Waals surface area contributed by atoms with Crippen molar-refractivity contribution in [3.8, 4) is 23.0 Å². The van der Waals surface area contributed by atoms with Crippen molar-refractivity contribution in [2.45, 2.75) is 12.1 Å². The molecular weight excluding hydrogens is 378 g/mol. The summed E-state index contributed by atoms with van der Waals surface area (Å²) in [7, 11) is 1.59. The van der Waals surface area contributed by atoms with Crippen LogP contribution in [0.1, 0.15) is 5.56 Å². The van der Waals surface area contributed by atoms with Crippen LogP contribution in [0.15, 0.2) is 58.2 Å². The van der Waals surface area contributed by atoms with Crippen molar-refractivity contribution in [3.63, 3.8) is 0 Å². The van der Waals surface area contributed by atoms with Gasteiger partial charge in [-0.25, -0.2) is 0 Å². The first-order valence-corrected chi connectivity index (χ1v) is 9.70. The fraction of sp³-hybridized carbons (Fsp3) is 0.250. The Bertz CT molecular complexity index is 929. The number of aromatic nitrogens is 2. The molecule has 0 saturated heterocycles. The maximum absolute atomic E-state index is 12.0. The van der Waals surface area contributed by atoms with Gasteiger partial charge in [0.15, 0.2) is 11.5 Å². The fourth-order valence-electron chi connectivity index (χ4n) is 2.43. The third-order valence-corrected chi connectivity index (χ3v) is 4.57. The molecule has 0 radical (unpaired) electrons. The number of carbonyl (C=O) groups is 1. The van der Waals surface area contributed by atoms with Crippen LogP contribution in [0, 0.1) is 6.92 Å². The highest BCUT2D eigenvalue weighted by atomic mass is 32.2. The molecule has 3 aromatic rings. The Balaban J connectivity index is 1.40. The van der Waals surface area contributed by atoms with E-state index in [9.17, 15) is 4.79 Å². The molecule has 0 spiro atoms. The van der Waals surface area contributed by atoms with E-state index >= 15 is 0 Å². The van der Waals surface area contributed by atoms with Crippen LogP contribution in [0.3, 0.4) is 0 Å². The molecule has 7 nitrogen and oxygen atoms in total. The minimum Gasteiger partial charge on any atom is -0.493 e. The molecule has 28 heavy (non-hydrogen) atoms. The van der Waals surface area contributed by atoms with Gasteiger partial charge in [-0.05, 0) is 31.2 Å². The van der Waals surface area contributed by atoms with E-state index in [1.807, 2.05) is 55.5 Å². The summed E-state index contributed by atoms with van der Waals surface area (Å²) in [6.07, 6.45) is 0. The van der Waals surface area contributed by atoms with Gasteiger partial charge >= 0.3 is 0 Å². The number of para-hydroxylation sites is 2. The number of nitrogens with one attached hydrogen (secondary N) is 1. The average Bonchev–Trinajstić information content (AvgIpc) is 3.19. The predicted molar refractivity (Wildman–Crippen MR) is 107 cm³/mol. The molecule has 0 aliphatic carbocycles. The maximum Gasteiger partial charge on any atom is 0.277 e. The van der Waals surface area contributed by atoms with E-state index in [-0.39, 0.29) is 11.7 Å². The Morgan fingerprint density at radius 2 is 1.96 bits per heavy atom. The monoisotopic (exact) mass is 399 g/mol. The second kappa shape index (κ2) is 9.80. The topological polar surface area (TPSA) is 86.5 Å². The number of rotatable bonds is 9. The lowest BCUT2D eigenvalue weighted by molar-refractivity contribution is -0.118. The van der Waals surface area contributed by atoms with Gasteiger partial charge in [0, 0.05) is 5.56 Å². The van der Waals surface area contributed by atoms with Crippen LogP contribution in [0.5, 0.6) is 11.5 Å². The first-order valence-electron chi connectivity index (χ1n) is 8.71. The molecule has 0 aliphatic rings. The molecule has 0 saturated carbocycles. The number of amides is 1. The highest BCUT2D eigenvalue weighted by molar-refractivity contribution is 7.99. The van der Waals surface area contributed by atoms with Crippen molar-refractivity contribution < 1.29 is 18.7 Å². The lowest BCUT2D eigenvalue weighted by Crippen LogP contribution is -2.29. The zero-order valence-electron chi connectivity index (χ0n) is 15.7. The number of carbonyl (C=O) groups excluding carboxylic acids is 1. The third-order valence-electron chi connectivity index (χ3n) is 3.75. The molecule has 0 atom stereocenters. The Morgan fingerprint density at radius 3 is 2.75 bits per heavy atom. The summed E-state index contributed by atoms with van der Waals surface area (Å²) in [5.41, 5.74) is 1.97. The van der Waals surface area contributed by atoms with Crippen LogP contribution in [-0.4, -0.2) is 42.1 Å². The summed E-state index contributed by atoms with van der Waals surface area (Å²) in [6.45, 7) is 2.72. The lowest BCUT2D eigenvalue weighted by atomic mass is 10.1. The SMILES string of the molecule is COc1ccccc1OCCNC(=O)CSc1nnc(-c2cccc(C)c2)o1. The van der Waals surface area contributed by atoms with Gasteiger partial charge in [-0.3, -0.25) is 4.79 Å². The Labute approximate surface area is 167 Å². The molecule has 3 rings (SSSR count). The van der Waals surface area contributed by atoms with Crippen molar-refractivity contribution in [2.24, 2.45) is 0 Å². The fourth-order valence-corrected chi connectivity index (χ4v) is 3.02. The molecule has 2 aromatic carbocycles. The van der Waals surface area contributed by atoms with E-state index in [0.29, 0.717) is 35.8 Å². The minimum absolute atomic E-state index is 0.135. The van der Waals surface area contributed by atoms with Crippen molar-refractivity contribution in [2.75, 3.05) is 26.0 Å². The van der Waals surface area contributed by atoms with Crippen LogP contribution < -0.4 is 14.8 Å². The molecule has 0 fully saturated rings. The van der Waals surface area contributed by atoms with Gasteiger partial charge in [0.2, 0.25) is 11.8 Å². The molecule has 1 heterocycles. The Kier molecular flexibility index (Phi) is 6.91. The average molecular weight is 399 g/mol. The molecule has 1 aromatic heterocycles. The van der Waals surface area contributed by atoms with Crippen LogP contribution >= 0.6 is 11.8 Å². The largest absolute Gasteiger partial charge is 0.493 e. The molecule has 0 unspecified atom stereocenters. The van der Waals surface area contributed by atoms with E-state index in [2.05, 4.69) is 15.5 Å². The van der Waals surface area contributed by atoms with Gasteiger partial charge in [-0.1, -0.05) is 41.6 Å². The molecule has 0 bridgehead atoms. The van der Waals surface area contributed by atoms with Crippen LogP contribution in [0.2, 0.25) is 0 Å². The first kappa shape index (κ1) is 19.8. The van der Waals surface area contributed by atoms with Gasteiger partial charge < -0.3 is 19.2 Å². The van der Waals surface area contributed by atoms with Crippen molar-refractivity contribution >= 4 is 17.7 Å². The van der Waals surface area contributed by atoms with Crippen LogP contribution in [0.4, 0.5) is 0 Å². The smallest absolute Gasteiger partial charge is 0.277 e. The van der Waals surface area contributed by atoms with Gasteiger partial charge in [-0.15, -0.1) is 10.2 Å². The van der Waals surface area contributed by atoms with Crippen LogP contribution in [-0.2, 0) is 4.79 Å². The number of methoxy groups -OCH3 is 1. The summed E-state index contributed by atoms with van der Waals surface area (Å²) in [5.74, 6) is 1.79. The van der Waals surface area contributed by atoms with Crippen molar-refractivity contribution in [3.05, 3.63) is 54.1 Å². The Hall–Kier alpha value is -3.00. The minimum atomic E-state index is -0.135. The lowest BCUT2D eigenvalue weighted by Gasteiger charge is -2.10. The van der Waals surface area contributed by atoms with E-state index in [1.165, 1.54) is 11.8 Å². The number of hydrogen-bond donors (Lipinski definition) is 1. The standard InChI is InChI=1S/C20H21N3O4S/c1-14-6-5-7-15(12-14)19-22-23-20(27-19)28-13-18(24)21-10-11-26-17-9-4-3-8-16(17)25-2/h3-9,12H,10-11,13H2,1-2H3,(H,21,24). The molecule has 0 aliphatic heterocycles. The Morgan fingerprint density at radius 1 is 1.14 bits per heavy atom. The number of ether oxygens (including phenoxy) is 2. The normalized spacial score (nSPS) is 10.5. The maximum atomic E-state index is 12.0. The van der Waals surface area contributed by atoms with Crippen LogP contribution in [0.25, 0.3) is 11.5 Å². The molecule has 1 N–H and O–H groups in total. The molecule has 1 amide bonds. The zero-order valence-corrected chi connectivity index (χ0v) is 16.5. The highest BCUT2D eigenvalue weighted by Gasteiger charge is 2.11. The second-order valence-corrected chi connectivity index (χ2v) is 6.81. The van der Waals surface area contributed by atoms with Gasteiger partial charge in [-0.2, -0.15) is 0 Å². The first-order chi connectivity index (χ1) is 13.7. The predicted octanol–water partition coefficient (Wildman–Crippen LogP) is 3.34. The summed E-state index contributed by atoms with van der Waals surface area (Å²) < 4.78 is 16.4. The van der Waals surface area contributed by atoms with Crippen molar-refractivity contribution in [1.29, 1.82) is 0 Å². The van der Waals surface area contributed by atoms with E-state index in [1.54, 1.807) is 7.11 Å². The number of aryl methyl sites for hydroxylation is 1. The van der Waals surface area contributed by atoms with E-state index in [0.717, 1.165) is 11.1 Å². The third kappa shape index (κ3) is 5.50. The number of benzene rings is 2. The quantitative estimate of drug-likeness (QED) is 0.436. The van der Waals surface area contributed by atoms with E-state index in [4.69, 9.17) is 13.9 Å². The summed E-state index contributed by atoms with van der Waals surface area (Å²) in [5, 5.41) is 11.2. The molecule has 146 valence electrons. The highest BCUT2D eigenvalue weighted by Crippen LogP contribution is 2.25. The number of thioether (sulfide) groups is 1. The second-order valence-electron chi connectivity index (χ2n) is 5.88. The summed E-state index contributed by atoms with van der Waals surface area (Å²) >= 11 is 1.20. The number of hydrogen-bond acceptors (Lipinski definition) is 7.